The van der Waals surface area contributed by atoms with Gasteiger partial charge in [0.25, 0.3) is 0 Å². The average molecular weight is 490 g/mol. The van der Waals surface area contributed by atoms with Crippen molar-refractivity contribution in [2.45, 2.75) is 12.5 Å². The van der Waals surface area contributed by atoms with Gasteiger partial charge < -0.3 is 4.90 Å². The number of aryl methyl sites for hydroxylation is 1. The lowest BCUT2D eigenvalue weighted by molar-refractivity contribution is -0.133. The van der Waals surface area contributed by atoms with Crippen molar-refractivity contribution in [1.82, 2.24) is 29.2 Å². The maximum atomic E-state index is 11.7. The van der Waals surface area contributed by atoms with Crippen molar-refractivity contribution in [3.63, 3.8) is 0 Å². The van der Waals surface area contributed by atoms with Gasteiger partial charge in [-0.2, -0.15) is 15.5 Å². The van der Waals surface area contributed by atoms with E-state index in [-0.39, 0.29) is 5.91 Å². The highest BCUT2D eigenvalue weighted by molar-refractivity contribution is 5.88. The number of nitrogens with zero attached hydrogens (tertiary/aromatic N) is 7. The van der Waals surface area contributed by atoms with E-state index in [2.05, 4.69) is 64.2 Å². The van der Waals surface area contributed by atoms with Gasteiger partial charge in [-0.25, -0.2) is 4.52 Å². The molecule has 0 bridgehead atoms. The highest BCUT2D eigenvalue weighted by Crippen LogP contribution is 2.33. The fourth-order valence-electron chi connectivity index (χ4n) is 5.29. The smallest absolute Gasteiger partial charge is 0.246 e. The summed E-state index contributed by atoms with van der Waals surface area (Å²) < 4.78 is 3.56. The van der Waals surface area contributed by atoms with E-state index in [0.717, 1.165) is 60.4 Å². The molecule has 5 heterocycles. The molecule has 1 aromatic carbocycles. The molecule has 1 fully saturated rings. The zero-order valence-electron chi connectivity index (χ0n) is 20.7. The molecule has 0 radical (unpaired) electrons. The van der Waals surface area contributed by atoms with Crippen LogP contribution < -0.4 is 0 Å². The largest absolute Gasteiger partial charge is 0.336 e. The number of carbonyl (C=O) groups is 1. The minimum absolute atomic E-state index is 0.0191. The van der Waals surface area contributed by atoms with Crippen LogP contribution in [0.1, 0.15) is 17.5 Å². The first kappa shape index (κ1) is 23.0. The molecule has 1 amide bonds. The van der Waals surface area contributed by atoms with Gasteiger partial charge in [0, 0.05) is 68.4 Å². The first-order valence-electron chi connectivity index (χ1n) is 12.4. The number of likely N-dealkylation sites (tertiary alicyclic amines) is 1. The van der Waals surface area contributed by atoms with E-state index in [1.807, 2.05) is 30.5 Å². The van der Waals surface area contributed by atoms with Gasteiger partial charge in [-0.3, -0.25) is 14.4 Å². The lowest BCUT2D eigenvalue weighted by Gasteiger charge is -2.46. The van der Waals surface area contributed by atoms with Gasteiger partial charge in [-0.1, -0.05) is 36.9 Å². The quantitative estimate of drug-likeness (QED) is 0.399. The van der Waals surface area contributed by atoms with Crippen LogP contribution in [-0.2, 0) is 11.8 Å². The Kier molecular flexibility index (Phi) is 5.70. The number of benzene rings is 1. The van der Waals surface area contributed by atoms with E-state index in [0.29, 0.717) is 11.6 Å². The maximum Gasteiger partial charge on any atom is 0.246 e. The molecular formula is C29H27N7O. The van der Waals surface area contributed by atoms with Crippen molar-refractivity contribution in [2.75, 3.05) is 26.2 Å². The molecule has 8 heteroatoms. The van der Waals surface area contributed by atoms with Crippen LogP contribution in [0, 0.1) is 11.3 Å². The van der Waals surface area contributed by atoms with Crippen molar-refractivity contribution in [1.29, 1.82) is 5.26 Å². The standard InChI is InChI=1S/C29H27N7O/c1-3-28(37)35-18-26(19-35)34-10-8-21(9-11-34)20-4-6-22(7-5-20)27-12-23(25-15-31-33(2)16-25)17-36-29(27)24(13-30)14-32-36/h3-8,12,14-17,26H,1,9-11,18-19H2,2H3. The summed E-state index contributed by atoms with van der Waals surface area (Å²) in [7, 11) is 1.90. The molecular weight excluding hydrogens is 462 g/mol. The Morgan fingerprint density at radius 1 is 1.08 bits per heavy atom. The fraction of sp³-hybridized carbons (Fsp3) is 0.241. The number of nitriles is 1. The number of hydrogen-bond donors (Lipinski definition) is 0. The Balaban J connectivity index is 1.25. The lowest BCUT2D eigenvalue weighted by atomic mass is 9.94. The van der Waals surface area contributed by atoms with Crippen LogP contribution in [0.3, 0.4) is 0 Å². The summed E-state index contributed by atoms with van der Waals surface area (Å²) in [6, 6.07) is 13.4. The Hall–Kier alpha value is -4.48. The minimum Gasteiger partial charge on any atom is -0.336 e. The molecule has 37 heavy (non-hydrogen) atoms. The third-order valence-corrected chi connectivity index (χ3v) is 7.44. The Labute approximate surface area is 215 Å². The highest BCUT2D eigenvalue weighted by atomic mass is 16.2. The minimum atomic E-state index is 0.0191. The number of pyridine rings is 1. The van der Waals surface area contributed by atoms with Crippen LogP contribution in [0.15, 0.2) is 73.9 Å². The van der Waals surface area contributed by atoms with Gasteiger partial charge in [0.15, 0.2) is 0 Å². The molecule has 8 nitrogen and oxygen atoms in total. The number of carbonyl (C=O) groups excluding carboxylic acids is 1. The second-order valence-corrected chi connectivity index (χ2v) is 9.66. The maximum absolute atomic E-state index is 11.7. The monoisotopic (exact) mass is 489 g/mol. The molecule has 6 rings (SSSR count). The summed E-state index contributed by atoms with van der Waals surface area (Å²) in [4.78, 5) is 16.0. The van der Waals surface area contributed by atoms with Gasteiger partial charge in [-0.15, -0.1) is 0 Å². The Morgan fingerprint density at radius 3 is 2.51 bits per heavy atom. The zero-order chi connectivity index (χ0) is 25.5. The molecule has 0 atom stereocenters. The second-order valence-electron chi connectivity index (χ2n) is 9.66. The van der Waals surface area contributed by atoms with Crippen LogP contribution in [0.2, 0.25) is 0 Å². The number of amides is 1. The molecule has 0 N–H and O–H groups in total. The summed E-state index contributed by atoms with van der Waals surface area (Å²) in [5.74, 6) is 0.0191. The van der Waals surface area contributed by atoms with E-state index < -0.39 is 0 Å². The van der Waals surface area contributed by atoms with E-state index >= 15 is 0 Å². The molecule has 0 saturated carbocycles. The third kappa shape index (κ3) is 4.13. The third-order valence-electron chi connectivity index (χ3n) is 7.44. The summed E-state index contributed by atoms with van der Waals surface area (Å²) in [5, 5.41) is 18.4. The van der Waals surface area contributed by atoms with Gasteiger partial charge >= 0.3 is 0 Å². The first-order chi connectivity index (χ1) is 18.0. The zero-order valence-corrected chi connectivity index (χ0v) is 20.7. The van der Waals surface area contributed by atoms with Gasteiger partial charge in [0.1, 0.15) is 6.07 Å². The van der Waals surface area contributed by atoms with E-state index in [4.69, 9.17) is 0 Å². The van der Waals surface area contributed by atoms with Crippen LogP contribution in [0.4, 0.5) is 0 Å². The Bertz CT molecular complexity index is 1580. The number of fused-ring (bicyclic) bond motifs is 1. The van der Waals surface area contributed by atoms with E-state index in [1.165, 1.54) is 17.2 Å². The second kappa shape index (κ2) is 9.19. The molecule has 184 valence electrons. The molecule has 0 aliphatic carbocycles. The van der Waals surface area contributed by atoms with Gasteiger partial charge in [0.05, 0.1) is 23.5 Å². The average Bonchev–Trinajstić information content (AvgIpc) is 3.53. The number of hydrogen-bond acceptors (Lipinski definition) is 5. The van der Waals surface area contributed by atoms with Crippen molar-refractivity contribution >= 4 is 17.0 Å². The van der Waals surface area contributed by atoms with E-state index in [1.54, 1.807) is 15.4 Å². The molecule has 2 aliphatic heterocycles. The summed E-state index contributed by atoms with van der Waals surface area (Å²) in [6.45, 7) is 7.03. The molecule has 4 aromatic rings. The topological polar surface area (TPSA) is 82.5 Å². The predicted octanol–water partition coefficient (Wildman–Crippen LogP) is 3.76. The first-order valence-corrected chi connectivity index (χ1v) is 12.4. The summed E-state index contributed by atoms with van der Waals surface area (Å²) in [6.07, 6.45) is 12.0. The normalized spacial score (nSPS) is 16.3. The predicted molar refractivity (Wildman–Crippen MR) is 142 cm³/mol. The number of rotatable bonds is 5. The SMILES string of the molecule is C=CC(=O)N1CC(N2CC=C(c3ccc(-c4cc(-c5cnn(C)c5)cn5ncc(C#N)c45)cc3)CC2)C1. The fourth-order valence-corrected chi connectivity index (χ4v) is 5.29. The highest BCUT2D eigenvalue weighted by Gasteiger charge is 2.34. The van der Waals surface area contributed by atoms with Crippen molar-refractivity contribution in [3.8, 4) is 28.3 Å². The molecule has 2 aliphatic rings. The molecule has 0 spiro atoms. The number of aromatic nitrogens is 4. The van der Waals surface area contributed by atoms with Gasteiger partial charge in [-0.05, 0) is 35.3 Å². The van der Waals surface area contributed by atoms with Crippen molar-refractivity contribution in [3.05, 3.63) is 85.0 Å². The van der Waals surface area contributed by atoms with Crippen LogP contribution in [-0.4, -0.2) is 67.3 Å². The van der Waals surface area contributed by atoms with Crippen LogP contribution >= 0.6 is 0 Å². The summed E-state index contributed by atoms with van der Waals surface area (Å²) >= 11 is 0. The Morgan fingerprint density at radius 2 is 1.86 bits per heavy atom. The molecule has 0 unspecified atom stereocenters. The van der Waals surface area contributed by atoms with Crippen LogP contribution in [0.25, 0.3) is 33.3 Å². The van der Waals surface area contributed by atoms with Crippen LogP contribution in [0.5, 0.6) is 0 Å². The summed E-state index contributed by atoms with van der Waals surface area (Å²) in [5.41, 5.74) is 7.91. The van der Waals surface area contributed by atoms with Crippen molar-refractivity contribution in [2.24, 2.45) is 7.05 Å². The molecule has 3 aromatic heterocycles. The molecule has 1 saturated heterocycles. The van der Waals surface area contributed by atoms with Crippen molar-refractivity contribution < 1.29 is 4.79 Å². The lowest BCUT2D eigenvalue weighted by Crippen LogP contribution is -2.61. The van der Waals surface area contributed by atoms with E-state index in [9.17, 15) is 10.1 Å². The van der Waals surface area contributed by atoms with Gasteiger partial charge in [0.2, 0.25) is 5.91 Å².